The zero-order valence-corrected chi connectivity index (χ0v) is 26.2. The number of sulfone groups is 1. The van der Waals surface area contributed by atoms with Crippen molar-refractivity contribution in [1.82, 2.24) is 19.8 Å². The van der Waals surface area contributed by atoms with Crippen molar-refractivity contribution in [3.05, 3.63) is 51.5 Å². The van der Waals surface area contributed by atoms with Gasteiger partial charge in [-0.3, -0.25) is 9.69 Å². The summed E-state index contributed by atoms with van der Waals surface area (Å²) >= 11 is 0.749. The average Bonchev–Trinajstić information content (AvgIpc) is 3.90. The topological polar surface area (TPSA) is 95.5 Å². The third-order valence-corrected chi connectivity index (χ3v) is 11.9. The number of halogens is 3. The Hall–Kier alpha value is -3.03. The number of carbonyl (C=O) groups excluding carboxylic acids is 1. The Morgan fingerprint density at radius 2 is 1.86 bits per heavy atom. The number of thiophene rings is 1. The van der Waals surface area contributed by atoms with E-state index >= 15 is 0 Å². The van der Waals surface area contributed by atoms with E-state index in [1.165, 1.54) is 34.9 Å². The molecule has 2 saturated carbocycles. The van der Waals surface area contributed by atoms with Crippen molar-refractivity contribution < 1.29 is 26.4 Å². The lowest BCUT2D eigenvalue weighted by Crippen LogP contribution is -2.34. The van der Waals surface area contributed by atoms with Crippen molar-refractivity contribution in [2.45, 2.75) is 75.5 Å². The van der Waals surface area contributed by atoms with Crippen LogP contribution in [0.25, 0.3) is 10.6 Å². The summed E-state index contributed by atoms with van der Waals surface area (Å²) in [5.41, 5.74) is 2.68. The van der Waals surface area contributed by atoms with E-state index in [9.17, 15) is 26.4 Å². The Balaban J connectivity index is 1.26. The lowest BCUT2D eigenvalue weighted by Gasteiger charge is -2.30. The fraction of sp³-hybridized carbons (Fsp3) is 0.516. The van der Waals surface area contributed by atoms with Crippen molar-refractivity contribution in [3.63, 3.8) is 0 Å². The molecule has 0 spiro atoms. The molecule has 2 aliphatic carbocycles. The minimum absolute atomic E-state index is 0.0252. The van der Waals surface area contributed by atoms with E-state index in [4.69, 9.17) is 0 Å². The molecule has 13 heteroatoms. The molecular formula is C31H34F3N5O3S2. The van der Waals surface area contributed by atoms with Gasteiger partial charge in [0, 0.05) is 44.1 Å². The number of aromatic nitrogens is 2. The van der Waals surface area contributed by atoms with Gasteiger partial charge in [-0.1, -0.05) is 19.9 Å². The molecule has 3 aromatic rings. The van der Waals surface area contributed by atoms with Gasteiger partial charge in [-0.25, -0.2) is 18.4 Å². The zero-order valence-electron chi connectivity index (χ0n) is 24.6. The SMILES string of the molecule is CC(C)c1cc2c(cc1Nc1ncc(C(F)(F)F)c(-c3cc4c(s3)C(=O)N(C3CC3)CCS4(=O)=O)n1)CCN(CC1CC1)C2. The lowest BCUT2D eigenvalue weighted by atomic mass is 9.91. The first kappa shape index (κ1) is 29.7. The molecule has 2 aromatic heterocycles. The van der Waals surface area contributed by atoms with E-state index in [2.05, 4.69) is 46.2 Å². The second kappa shape index (κ2) is 10.8. The molecule has 0 saturated heterocycles. The predicted octanol–water partition coefficient (Wildman–Crippen LogP) is 6.25. The maximum atomic E-state index is 14.2. The maximum Gasteiger partial charge on any atom is 0.420 e. The highest BCUT2D eigenvalue weighted by molar-refractivity contribution is 7.91. The quantitative estimate of drug-likeness (QED) is 0.325. The van der Waals surface area contributed by atoms with E-state index in [1.54, 1.807) is 0 Å². The molecule has 0 atom stereocenters. The first-order valence-corrected chi connectivity index (χ1v) is 17.6. The predicted molar refractivity (Wildman–Crippen MR) is 162 cm³/mol. The van der Waals surface area contributed by atoms with Crippen molar-refractivity contribution in [2.75, 3.05) is 30.7 Å². The molecular weight excluding hydrogens is 612 g/mol. The third kappa shape index (κ3) is 5.74. The van der Waals surface area contributed by atoms with E-state index in [-0.39, 0.29) is 44.9 Å². The summed E-state index contributed by atoms with van der Waals surface area (Å²) in [4.78, 5) is 25.4. The van der Waals surface area contributed by atoms with Gasteiger partial charge in [0.05, 0.1) is 21.2 Å². The largest absolute Gasteiger partial charge is 0.420 e. The summed E-state index contributed by atoms with van der Waals surface area (Å²) in [6.07, 6.45) is 1.01. The number of hydrogen-bond donors (Lipinski definition) is 1. The molecule has 1 amide bonds. The number of hydrogen-bond acceptors (Lipinski definition) is 8. The number of nitrogens with zero attached hydrogens (tertiary/aromatic N) is 4. The molecule has 2 aliphatic heterocycles. The summed E-state index contributed by atoms with van der Waals surface area (Å²) in [7, 11) is -3.87. The summed E-state index contributed by atoms with van der Waals surface area (Å²) in [5, 5.41) is 3.18. The Morgan fingerprint density at radius 3 is 2.55 bits per heavy atom. The van der Waals surface area contributed by atoms with Crippen LogP contribution >= 0.6 is 11.3 Å². The monoisotopic (exact) mass is 645 g/mol. The molecule has 44 heavy (non-hydrogen) atoms. The second-order valence-corrected chi connectivity index (χ2v) is 15.9. The Kier molecular flexibility index (Phi) is 7.28. The average molecular weight is 646 g/mol. The fourth-order valence-electron chi connectivity index (χ4n) is 6.22. The first-order chi connectivity index (χ1) is 20.9. The van der Waals surface area contributed by atoms with Crippen LogP contribution in [-0.2, 0) is 29.0 Å². The maximum absolute atomic E-state index is 14.2. The summed E-state index contributed by atoms with van der Waals surface area (Å²) in [6.45, 7) is 7.19. The van der Waals surface area contributed by atoms with E-state index in [0.29, 0.717) is 0 Å². The molecule has 0 bridgehead atoms. The smallest absolute Gasteiger partial charge is 0.334 e. The molecule has 4 aliphatic rings. The van der Waals surface area contributed by atoms with Crippen molar-refractivity contribution in [3.8, 4) is 10.6 Å². The number of amides is 1. The fourth-order valence-corrected chi connectivity index (χ4v) is 9.14. The number of rotatable bonds is 7. The molecule has 1 aromatic carbocycles. The highest BCUT2D eigenvalue weighted by Crippen LogP contribution is 2.43. The van der Waals surface area contributed by atoms with Crippen LogP contribution in [0.15, 0.2) is 29.3 Å². The minimum Gasteiger partial charge on any atom is -0.334 e. The second-order valence-electron chi connectivity index (χ2n) is 12.7. The Labute approximate surface area is 258 Å². The van der Waals surface area contributed by atoms with Gasteiger partial charge in [0.15, 0.2) is 9.84 Å². The molecule has 0 unspecified atom stereocenters. The first-order valence-electron chi connectivity index (χ1n) is 15.1. The van der Waals surface area contributed by atoms with Gasteiger partial charge in [-0.2, -0.15) is 13.2 Å². The summed E-state index contributed by atoms with van der Waals surface area (Å²) < 4.78 is 68.9. The van der Waals surface area contributed by atoms with Crippen LogP contribution in [0.2, 0.25) is 0 Å². The number of carbonyl (C=O) groups is 1. The van der Waals surface area contributed by atoms with Crippen LogP contribution in [0.3, 0.4) is 0 Å². The summed E-state index contributed by atoms with van der Waals surface area (Å²) in [6, 6.07) is 5.40. The van der Waals surface area contributed by atoms with Gasteiger partial charge < -0.3 is 10.2 Å². The Morgan fingerprint density at radius 1 is 1.09 bits per heavy atom. The van der Waals surface area contributed by atoms with Crippen LogP contribution in [0, 0.1) is 5.92 Å². The molecule has 1 N–H and O–H groups in total. The number of benzene rings is 1. The van der Waals surface area contributed by atoms with Gasteiger partial charge in [0.1, 0.15) is 10.4 Å². The van der Waals surface area contributed by atoms with E-state index in [0.717, 1.165) is 73.6 Å². The van der Waals surface area contributed by atoms with Gasteiger partial charge in [-0.05, 0) is 72.8 Å². The van der Waals surface area contributed by atoms with Crippen LogP contribution in [0.4, 0.5) is 24.8 Å². The molecule has 7 rings (SSSR count). The third-order valence-electron chi connectivity index (χ3n) is 8.95. The highest BCUT2D eigenvalue weighted by atomic mass is 32.2. The number of fused-ring (bicyclic) bond motifs is 2. The number of nitrogens with one attached hydrogen (secondary N) is 1. The zero-order chi connectivity index (χ0) is 31.0. The van der Waals surface area contributed by atoms with Crippen LogP contribution < -0.4 is 5.32 Å². The molecule has 2 fully saturated rings. The van der Waals surface area contributed by atoms with E-state index in [1.807, 2.05) is 0 Å². The van der Waals surface area contributed by atoms with Crippen molar-refractivity contribution in [1.29, 1.82) is 0 Å². The standard InChI is InChI=1S/C31H34F3N5O3S2/c1-17(2)22-11-20-16-38(15-18-3-4-18)8-7-19(20)12-24(22)36-30-35-14-23(31(32,33)34)27(37-30)25-13-26-28(43-25)29(40)39(21-5-6-21)9-10-44(26,41)42/h11-14,17-18,21H,3-10,15-16H2,1-2H3,(H,35,36,37). The van der Waals surface area contributed by atoms with Gasteiger partial charge in [0.2, 0.25) is 5.95 Å². The minimum atomic E-state index is -4.79. The molecule has 0 radical (unpaired) electrons. The van der Waals surface area contributed by atoms with Crippen LogP contribution in [-0.4, -0.2) is 65.5 Å². The molecule has 8 nitrogen and oxygen atoms in total. The molecule has 4 heterocycles. The van der Waals surface area contributed by atoms with Crippen LogP contribution in [0.5, 0.6) is 0 Å². The number of alkyl halides is 3. The van der Waals surface area contributed by atoms with Crippen LogP contribution in [0.1, 0.15) is 77.4 Å². The lowest BCUT2D eigenvalue weighted by molar-refractivity contribution is -0.137. The van der Waals surface area contributed by atoms with Gasteiger partial charge >= 0.3 is 6.18 Å². The van der Waals surface area contributed by atoms with Crippen molar-refractivity contribution in [2.24, 2.45) is 5.92 Å². The van der Waals surface area contributed by atoms with Gasteiger partial charge in [-0.15, -0.1) is 11.3 Å². The normalized spacial score (nSPS) is 20.4. The number of anilines is 2. The highest BCUT2D eigenvalue weighted by Gasteiger charge is 2.42. The molecule has 234 valence electrons. The van der Waals surface area contributed by atoms with Crippen molar-refractivity contribution >= 4 is 38.7 Å². The summed E-state index contributed by atoms with van der Waals surface area (Å²) in [5.74, 6) is 0.192. The van der Waals surface area contributed by atoms with Gasteiger partial charge in [0.25, 0.3) is 5.91 Å². The van der Waals surface area contributed by atoms with E-state index < -0.39 is 33.2 Å². The Bertz CT molecular complexity index is 1750.